The molecule has 8 rings (SSSR count). The number of pyridine rings is 3. The number of hydrogen-bond acceptors (Lipinski definition) is 42. The van der Waals surface area contributed by atoms with Gasteiger partial charge in [-0.25, -0.2) is 0 Å². The minimum absolute atomic E-state index is 0.0369. The van der Waals surface area contributed by atoms with Gasteiger partial charge in [0, 0.05) is 170 Å². The molecule has 2 atom stereocenters. The van der Waals surface area contributed by atoms with Gasteiger partial charge >= 0.3 is 65.8 Å². The number of benzene rings is 1. The number of nitrogens with zero attached hydrogens (tertiary/aromatic N) is 15. The number of thiocarbonyl (C=S) groups is 1. The molecule has 12 N–H and O–H groups in total. The number of aliphatic carboxylic acids is 8. The molecule has 0 radical (unpaired) electrons. The monoisotopic (exact) mass is 2110 g/mol. The van der Waals surface area contributed by atoms with Crippen LogP contribution in [0.15, 0.2) is 77.8 Å². The van der Waals surface area contributed by atoms with Crippen molar-refractivity contribution in [2.45, 2.75) is 163 Å². The van der Waals surface area contributed by atoms with E-state index in [9.17, 15) is 82.8 Å². The summed E-state index contributed by atoms with van der Waals surface area (Å²) in [6, 6.07) is 21.6. The van der Waals surface area contributed by atoms with Crippen LogP contribution in [-0.4, -0.2) is 452 Å². The maximum absolute atomic E-state index is 13.4. The summed E-state index contributed by atoms with van der Waals surface area (Å²) < 4.78 is 32.2. The molecule has 6 bridgehead atoms. The van der Waals surface area contributed by atoms with Gasteiger partial charge in [-0.05, 0) is 177 Å². The van der Waals surface area contributed by atoms with Gasteiger partial charge in [0.15, 0.2) is 0 Å². The van der Waals surface area contributed by atoms with Gasteiger partial charge in [-0.3, -0.25) is 131 Å². The minimum Gasteiger partial charge on any atom is -0.492 e. The van der Waals surface area contributed by atoms with Gasteiger partial charge in [-0.15, -0.1) is 0 Å². The van der Waals surface area contributed by atoms with E-state index >= 15 is 0 Å². The molecular formula is C97H151N19O29S2. The average Bonchev–Trinajstić information content (AvgIpc) is 0.840. The smallest absolute Gasteiger partial charge is 0.373 e. The van der Waals surface area contributed by atoms with E-state index in [1.807, 2.05) is 118 Å². The van der Waals surface area contributed by atoms with Crippen molar-refractivity contribution in [2.75, 3.05) is 229 Å². The van der Waals surface area contributed by atoms with Gasteiger partial charge in [0.25, 0.3) is 19.4 Å². The van der Waals surface area contributed by atoms with Crippen LogP contribution in [0.5, 0.6) is 5.75 Å². The number of aromatic nitrogens is 3. The van der Waals surface area contributed by atoms with Crippen molar-refractivity contribution < 1.29 is 141 Å². The molecule has 50 heteroatoms. The predicted octanol–water partition coefficient (Wildman–Crippen LogP) is 2.14. The van der Waals surface area contributed by atoms with Crippen molar-refractivity contribution in [3.05, 3.63) is 113 Å². The Morgan fingerprint density at radius 1 is 0.483 bits per heavy atom. The van der Waals surface area contributed by atoms with Gasteiger partial charge in [-0.1, -0.05) is 45.0 Å². The zero-order chi connectivity index (χ0) is 109. The molecule has 4 aliphatic rings. The van der Waals surface area contributed by atoms with Crippen LogP contribution in [0, 0.1) is 5.41 Å². The number of aliphatic imine (C=N–C) groups is 1. The van der Waals surface area contributed by atoms with E-state index in [4.69, 9.17) is 73.4 Å². The molecule has 1 saturated heterocycles. The molecule has 7 heterocycles. The van der Waals surface area contributed by atoms with Crippen LogP contribution in [0.1, 0.15) is 134 Å². The highest BCUT2D eigenvalue weighted by atomic mass is 32.1. The zero-order valence-electron chi connectivity index (χ0n) is 85.8. The Hall–Kier alpha value is -11.5. The Morgan fingerprint density at radius 2 is 0.898 bits per heavy atom. The first kappa shape index (κ1) is 130. The van der Waals surface area contributed by atoms with Crippen molar-refractivity contribution in [1.82, 2.24) is 90.1 Å². The zero-order valence-corrected chi connectivity index (χ0v) is 87.5. The third-order valence-electron chi connectivity index (χ3n) is 21.5. The lowest BCUT2D eigenvalue weighted by molar-refractivity contribution is -0.192. The summed E-state index contributed by atoms with van der Waals surface area (Å²) in [7, 11) is 0. The standard InChI is InChI=1S/C31H52N4O6.C25H29N5O6S.C20H30N4O7S.C10H24N4.C10H16N2O8.CO2/c1-29(2,3)22-34-16-15-33(21-27(38)40-30(4,5)6)17-18-35(20-24-12-10-11-23(19-34)32-24)25(13-14-26(36)37)28(39)41-31(7,8)9;31-18-35-16-28-8-9-29(17-36-19-32)13-24(10-20-4-6-21(7-5-20)26-15-37)30(14-25(33)34)12-23-3-1-2-22(11-28)27-23;25-15-30-14-24-7-5-22(12-19(26)27)4-6-23(13-20(28)29)11-17-18(31-8-1-9-32)3-2-16(10-24)21-17;1-3-11-7-9-13-5-2-6-14-10-8-12-4-1;13-7(14)3-11(4-8(15)16)1-2-12(5-9(17)18)6-10(19)20;2-1-3/h10-12,25H,13-22H2,1-9H3,(H,36,37);1-7,18-19,24H,8-14,16-17H2,(H,33,34);2-3,15,32H,1,4-14H2,(H,26,27)(H,28,29);11-14H,1-10H2;1-6H2,(H,13,14)(H,15,16)(H,17,18)(H,19,20);. The van der Waals surface area contributed by atoms with E-state index in [0.717, 1.165) is 110 Å². The predicted molar refractivity (Wildman–Crippen MR) is 542 cm³/mol. The Labute approximate surface area is 868 Å². The normalized spacial score (nSPS) is 16.7. The number of carboxylic acid groups (broad SMARTS) is 8. The third kappa shape index (κ3) is 64.4. The molecule has 4 aromatic rings. The quantitative estimate of drug-likeness (QED) is 0.00576. The Kier molecular flexibility index (Phi) is 64.9. The maximum atomic E-state index is 13.4. The molecule has 2 unspecified atom stereocenters. The van der Waals surface area contributed by atoms with Crippen molar-refractivity contribution in [1.29, 1.82) is 0 Å². The molecule has 3 aromatic heterocycles. The van der Waals surface area contributed by atoms with Crippen LogP contribution in [0.4, 0.5) is 5.69 Å². The topological polar surface area (TPSA) is 608 Å². The van der Waals surface area contributed by atoms with Crippen LogP contribution < -0.4 is 26.0 Å². The number of rotatable bonds is 41. The van der Waals surface area contributed by atoms with Crippen molar-refractivity contribution in [3.63, 3.8) is 0 Å². The fraction of sp³-hybridized carbons (Fsp3) is 0.629. The molecule has 1 aromatic carbocycles. The summed E-state index contributed by atoms with van der Waals surface area (Å²) >= 11 is 8.86. The molecule has 0 aliphatic carbocycles. The van der Waals surface area contributed by atoms with E-state index in [-0.39, 0.29) is 102 Å². The number of nitrogens with one attached hydrogen (secondary N) is 4. The number of carbonyl (C=O) groups is 13. The molecule has 147 heavy (non-hydrogen) atoms. The summed E-state index contributed by atoms with van der Waals surface area (Å²) in [5.74, 6) is -8.30. The van der Waals surface area contributed by atoms with E-state index in [2.05, 4.69) is 86.8 Å². The molecule has 0 saturated carbocycles. The van der Waals surface area contributed by atoms with Crippen molar-refractivity contribution in [3.8, 4) is 5.75 Å². The van der Waals surface area contributed by atoms with Crippen LogP contribution in [0.2, 0.25) is 0 Å². The number of esters is 2. The number of thiol groups is 1. The van der Waals surface area contributed by atoms with E-state index in [1.54, 1.807) is 30.6 Å². The number of carbonyl (C=O) groups excluding carboxylic acids is 7. The average molecular weight is 2110 g/mol. The van der Waals surface area contributed by atoms with Crippen LogP contribution in [0.25, 0.3) is 0 Å². The Bertz CT molecular complexity index is 4580. The highest BCUT2D eigenvalue weighted by molar-refractivity contribution is 7.80. The molecule has 1 fully saturated rings. The van der Waals surface area contributed by atoms with Crippen LogP contribution in [0.3, 0.4) is 0 Å². The van der Waals surface area contributed by atoms with E-state index in [0.29, 0.717) is 159 Å². The summed E-state index contributed by atoms with van der Waals surface area (Å²) in [6.07, 6.45) is 3.92. The molecule has 0 spiro atoms. The lowest BCUT2D eigenvalue weighted by Crippen LogP contribution is -2.49. The van der Waals surface area contributed by atoms with Crippen LogP contribution in [-0.2, 0) is 141 Å². The second-order valence-corrected chi connectivity index (χ2v) is 38.6. The second-order valence-electron chi connectivity index (χ2n) is 37.9. The molecule has 0 amide bonds. The highest BCUT2D eigenvalue weighted by Crippen LogP contribution is 2.26. The molecule has 48 nitrogen and oxygen atoms in total. The number of hydrogen-bond donors (Lipinski definition) is 13. The summed E-state index contributed by atoms with van der Waals surface area (Å²) in [5.41, 5.74) is 4.93. The van der Waals surface area contributed by atoms with Crippen molar-refractivity contribution >= 4 is 121 Å². The maximum Gasteiger partial charge on any atom is 0.373 e. The largest absolute Gasteiger partial charge is 0.492 e. The summed E-state index contributed by atoms with van der Waals surface area (Å²) in [5, 5.41) is 88.2. The highest BCUT2D eigenvalue weighted by Gasteiger charge is 2.35. The Morgan fingerprint density at radius 3 is 1.34 bits per heavy atom. The lowest BCUT2D eigenvalue weighted by atomic mass is 9.96. The molecular weight excluding hydrogens is 1960 g/mol. The number of carboxylic acids is 8. The Balaban J connectivity index is 0.000000487. The lowest BCUT2D eigenvalue weighted by Gasteiger charge is -2.36. The van der Waals surface area contributed by atoms with Crippen LogP contribution >= 0.6 is 24.8 Å². The van der Waals surface area contributed by atoms with E-state index in [1.165, 1.54) is 12.8 Å². The van der Waals surface area contributed by atoms with Gasteiger partial charge in [0.05, 0.1) is 104 Å². The molecule has 820 valence electrons. The van der Waals surface area contributed by atoms with Crippen molar-refractivity contribution in [2.24, 2.45) is 10.4 Å². The SMILES string of the molecule is C1CNCCNCCCNCCNC1.CC(C)(C)CN1CCN(CC(=O)OC(C)(C)C)CCN(C(CCC(=O)O)C(=O)OC(C)(C)C)Cc2cccc(n2)C1.O=C(O)CN(CCN(CC(=O)O)CC(=O)O)CC(=O)O.O=C=O.O=COCN1CCN(CC(=O)O)CCN(CC(=O)O)Cc2nc(ccc2OCCCS)C1.O=COCN1CCN(COC=O)CC(Cc2ccc(N=C=S)cc2)N(CC(=O)O)Cc2cccc(n2)C1. The summed E-state index contributed by atoms with van der Waals surface area (Å²) in [6.45, 7) is 33.9. The fourth-order valence-electron chi connectivity index (χ4n) is 15.4. The van der Waals surface area contributed by atoms with Gasteiger partial charge in [0.2, 0.25) is 0 Å². The minimum atomic E-state index is -1.23. The summed E-state index contributed by atoms with van der Waals surface area (Å²) in [4.78, 5) is 201. The second kappa shape index (κ2) is 73.6. The first-order valence-electron chi connectivity index (χ1n) is 48.3. The first-order valence-corrected chi connectivity index (χ1v) is 49.3. The third-order valence-corrected chi connectivity index (χ3v) is 21.9. The number of isothiocyanates is 1. The first-order chi connectivity index (χ1) is 69.8. The van der Waals surface area contributed by atoms with Gasteiger partial charge < -0.3 is 90.5 Å². The number of fused-ring (bicyclic) bond motifs is 6. The van der Waals surface area contributed by atoms with E-state index < -0.39 is 97.1 Å². The van der Waals surface area contributed by atoms with Gasteiger partial charge in [-0.2, -0.15) is 27.2 Å². The van der Waals surface area contributed by atoms with Gasteiger partial charge in [0.1, 0.15) is 43.2 Å². The molecule has 4 aliphatic heterocycles. The fourth-order valence-corrected chi connectivity index (χ4v) is 15.6. The number of ether oxygens (including phenoxy) is 6.